The minimum Gasteiger partial charge on any atom is -0.343 e. The Labute approximate surface area is 126 Å². The molecule has 1 heterocycles. The molecule has 1 aromatic rings. The molecule has 0 bridgehead atoms. The molecule has 0 aromatic heterocycles. The van der Waals surface area contributed by atoms with Gasteiger partial charge in [0.25, 0.3) is 0 Å². The third-order valence-electron chi connectivity index (χ3n) is 4.30. The standard InChI is InChI=1S/C17H24N2O2/c1-13(18)14-9-11-19(12-10-14)17(21)8-7-16(20)15-5-3-2-4-6-15/h2-6,13-14H,7-12,18H2,1H3. The summed E-state index contributed by atoms with van der Waals surface area (Å²) in [6.07, 6.45) is 2.53. The lowest BCUT2D eigenvalue weighted by Gasteiger charge is -2.33. The molecule has 1 saturated heterocycles. The van der Waals surface area contributed by atoms with E-state index < -0.39 is 0 Å². The largest absolute Gasteiger partial charge is 0.343 e. The van der Waals surface area contributed by atoms with Gasteiger partial charge in [-0.1, -0.05) is 30.3 Å². The number of hydrogen-bond acceptors (Lipinski definition) is 3. The second-order valence-electron chi connectivity index (χ2n) is 5.87. The van der Waals surface area contributed by atoms with Gasteiger partial charge in [-0.2, -0.15) is 0 Å². The molecule has 1 atom stereocenters. The Hall–Kier alpha value is -1.68. The van der Waals surface area contributed by atoms with Crippen molar-refractivity contribution in [2.24, 2.45) is 11.7 Å². The van der Waals surface area contributed by atoms with E-state index >= 15 is 0 Å². The molecule has 0 radical (unpaired) electrons. The van der Waals surface area contributed by atoms with Gasteiger partial charge in [-0.25, -0.2) is 0 Å². The molecule has 1 aliphatic heterocycles. The number of carbonyl (C=O) groups is 2. The number of piperidine rings is 1. The molecule has 114 valence electrons. The highest BCUT2D eigenvalue weighted by Gasteiger charge is 2.24. The molecule has 1 aromatic carbocycles. The highest BCUT2D eigenvalue weighted by atomic mass is 16.2. The highest BCUT2D eigenvalue weighted by molar-refractivity contribution is 5.97. The molecule has 1 fully saturated rings. The Bertz CT molecular complexity index is 477. The van der Waals surface area contributed by atoms with E-state index in [1.165, 1.54) is 0 Å². The van der Waals surface area contributed by atoms with Crippen LogP contribution in [-0.2, 0) is 4.79 Å². The third kappa shape index (κ3) is 4.39. The number of benzene rings is 1. The number of nitrogens with zero attached hydrogens (tertiary/aromatic N) is 1. The van der Waals surface area contributed by atoms with Crippen LogP contribution in [0.25, 0.3) is 0 Å². The van der Waals surface area contributed by atoms with Crippen LogP contribution in [0.4, 0.5) is 0 Å². The summed E-state index contributed by atoms with van der Waals surface area (Å²) < 4.78 is 0. The SMILES string of the molecule is CC(N)C1CCN(C(=O)CCC(=O)c2ccccc2)CC1. The van der Waals surface area contributed by atoms with Crippen molar-refractivity contribution in [3.8, 4) is 0 Å². The number of Topliss-reactive ketones (excluding diaryl/α,β-unsaturated/α-hetero) is 1. The Balaban J connectivity index is 1.77. The van der Waals surface area contributed by atoms with E-state index in [9.17, 15) is 9.59 Å². The van der Waals surface area contributed by atoms with Crippen LogP contribution < -0.4 is 5.73 Å². The monoisotopic (exact) mass is 288 g/mol. The molecule has 1 aliphatic rings. The molecular weight excluding hydrogens is 264 g/mol. The Morgan fingerprint density at radius 3 is 2.38 bits per heavy atom. The Morgan fingerprint density at radius 1 is 1.19 bits per heavy atom. The van der Waals surface area contributed by atoms with Crippen molar-refractivity contribution < 1.29 is 9.59 Å². The second-order valence-corrected chi connectivity index (χ2v) is 5.87. The van der Waals surface area contributed by atoms with Crippen molar-refractivity contribution in [1.29, 1.82) is 0 Å². The lowest BCUT2D eigenvalue weighted by atomic mass is 9.91. The van der Waals surface area contributed by atoms with E-state index in [1.54, 1.807) is 12.1 Å². The van der Waals surface area contributed by atoms with E-state index in [-0.39, 0.29) is 24.2 Å². The van der Waals surface area contributed by atoms with E-state index in [2.05, 4.69) is 0 Å². The average Bonchev–Trinajstić information content (AvgIpc) is 2.53. The van der Waals surface area contributed by atoms with Gasteiger partial charge in [-0.15, -0.1) is 0 Å². The molecule has 0 aliphatic carbocycles. The quantitative estimate of drug-likeness (QED) is 0.845. The number of nitrogens with two attached hydrogens (primary N) is 1. The van der Waals surface area contributed by atoms with Crippen LogP contribution >= 0.6 is 0 Å². The molecule has 0 saturated carbocycles. The number of likely N-dealkylation sites (tertiary alicyclic amines) is 1. The van der Waals surface area contributed by atoms with Crippen molar-refractivity contribution >= 4 is 11.7 Å². The number of hydrogen-bond donors (Lipinski definition) is 1. The Kier molecular flexibility index (Phi) is 5.51. The summed E-state index contributed by atoms with van der Waals surface area (Å²) in [5, 5.41) is 0. The minimum absolute atomic E-state index is 0.0365. The van der Waals surface area contributed by atoms with Gasteiger partial charge in [0.2, 0.25) is 5.91 Å². The summed E-state index contributed by atoms with van der Waals surface area (Å²) in [4.78, 5) is 26.0. The van der Waals surface area contributed by atoms with Gasteiger partial charge in [-0.05, 0) is 25.7 Å². The summed E-state index contributed by atoms with van der Waals surface area (Å²) in [6, 6.07) is 9.34. The third-order valence-corrected chi connectivity index (χ3v) is 4.30. The normalized spacial score (nSPS) is 17.5. The fraction of sp³-hybridized carbons (Fsp3) is 0.529. The molecule has 0 spiro atoms. The van der Waals surface area contributed by atoms with Crippen LogP contribution in [0.5, 0.6) is 0 Å². The molecule has 2 rings (SSSR count). The van der Waals surface area contributed by atoms with Crippen LogP contribution in [0.1, 0.15) is 43.0 Å². The summed E-state index contributed by atoms with van der Waals surface area (Å²) in [7, 11) is 0. The second kappa shape index (κ2) is 7.36. The maximum Gasteiger partial charge on any atom is 0.223 e. The van der Waals surface area contributed by atoms with Crippen molar-refractivity contribution in [2.45, 2.75) is 38.6 Å². The topological polar surface area (TPSA) is 63.4 Å². The molecular formula is C17H24N2O2. The average molecular weight is 288 g/mol. The highest BCUT2D eigenvalue weighted by Crippen LogP contribution is 2.20. The van der Waals surface area contributed by atoms with Gasteiger partial charge >= 0.3 is 0 Å². The minimum atomic E-state index is 0.0365. The molecule has 1 unspecified atom stereocenters. The number of amides is 1. The lowest BCUT2D eigenvalue weighted by molar-refractivity contribution is -0.132. The van der Waals surface area contributed by atoms with Gasteiger partial charge in [0.1, 0.15) is 0 Å². The number of ketones is 1. The molecule has 4 nitrogen and oxygen atoms in total. The van der Waals surface area contributed by atoms with E-state index in [0.29, 0.717) is 17.9 Å². The summed E-state index contributed by atoms with van der Waals surface area (Å²) in [6.45, 7) is 3.57. The maximum atomic E-state index is 12.2. The molecule has 2 N–H and O–H groups in total. The van der Waals surface area contributed by atoms with Crippen LogP contribution in [0, 0.1) is 5.92 Å². The molecule has 21 heavy (non-hydrogen) atoms. The first kappa shape index (κ1) is 15.7. The molecule has 1 amide bonds. The van der Waals surface area contributed by atoms with E-state index in [1.807, 2.05) is 30.0 Å². The van der Waals surface area contributed by atoms with E-state index in [0.717, 1.165) is 25.9 Å². The lowest BCUT2D eigenvalue weighted by Crippen LogP contribution is -2.42. The smallest absolute Gasteiger partial charge is 0.223 e. The van der Waals surface area contributed by atoms with Gasteiger partial charge in [-0.3, -0.25) is 9.59 Å². The molecule has 4 heteroatoms. The van der Waals surface area contributed by atoms with Gasteiger partial charge < -0.3 is 10.6 Å². The van der Waals surface area contributed by atoms with Gasteiger partial charge in [0.05, 0.1) is 0 Å². The zero-order valence-electron chi connectivity index (χ0n) is 12.6. The van der Waals surface area contributed by atoms with Gasteiger partial charge in [0.15, 0.2) is 5.78 Å². The van der Waals surface area contributed by atoms with Crippen LogP contribution in [-0.4, -0.2) is 35.7 Å². The maximum absolute atomic E-state index is 12.2. The first-order chi connectivity index (χ1) is 10.1. The van der Waals surface area contributed by atoms with Crippen molar-refractivity contribution in [3.63, 3.8) is 0 Å². The fourth-order valence-corrected chi connectivity index (χ4v) is 2.82. The van der Waals surface area contributed by atoms with Crippen molar-refractivity contribution in [3.05, 3.63) is 35.9 Å². The summed E-state index contributed by atoms with van der Waals surface area (Å²) in [5.74, 6) is 0.636. The fourth-order valence-electron chi connectivity index (χ4n) is 2.82. The zero-order valence-corrected chi connectivity index (χ0v) is 12.6. The van der Waals surface area contributed by atoms with Crippen LogP contribution in [0.2, 0.25) is 0 Å². The first-order valence-electron chi connectivity index (χ1n) is 7.69. The predicted octanol–water partition coefficient (Wildman–Crippen LogP) is 2.24. The summed E-state index contributed by atoms with van der Waals surface area (Å²) in [5.41, 5.74) is 6.58. The zero-order chi connectivity index (χ0) is 15.2. The van der Waals surface area contributed by atoms with Crippen molar-refractivity contribution in [1.82, 2.24) is 4.90 Å². The number of carbonyl (C=O) groups excluding carboxylic acids is 2. The van der Waals surface area contributed by atoms with Crippen molar-refractivity contribution in [2.75, 3.05) is 13.1 Å². The van der Waals surface area contributed by atoms with Gasteiger partial charge in [0, 0.05) is 37.5 Å². The predicted molar refractivity (Wildman–Crippen MR) is 83.0 cm³/mol. The van der Waals surface area contributed by atoms with Crippen LogP contribution in [0.3, 0.4) is 0 Å². The number of rotatable bonds is 5. The first-order valence-corrected chi connectivity index (χ1v) is 7.69. The van der Waals surface area contributed by atoms with Crippen LogP contribution in [0.15, 0.2) is 30.3 Å². The van der Waals surface area contributed by atoms with E-state index in [4.69, 9.17) is 5.73 Å². The Morgan fingerprint density at radius 2 is 1.81 bits per heavy atom. The summed E-state index contributed by atoms with van der Waals surface area (Å²) >= 11 is 0.